The van der Waals surface area contributed by atoms with Crippen LogP contribution in [0.25, 0.3) is 0 Å². The minimum atomic E-state index is -0.654. The molecule has 0 saturated heterocycles. The molecular formula is C9H13FO. The highest BCUT2D eigenvalue weighted by Crippen LogP contribution is 2.27. The van der Waals surface area contributed by atoms with Crippen LogP contribution >= 0.6 is 0 Å². The van der Waals surface area contributed by atoms with Crippen LogP contribution in [0, 0.1) is 0 Å². The summed E-state index contributed by atoms with van der Waals surface area (Å²) in [7, 11) is 0. The summed E-state index contributed by atoms with van der Waals surface area (Å²) >= 11 is 0. The predicted octanol–water partition coefficient (Wildman–Crippen LogP) is 2.59. The first-order chi connectivity index (χ1) is 5.22. The van der Waals surface area contributed by atoms with Crippen LogP contribution in [-0.4, -0.2) is 12.3 Å². The topological polar surface area (TPSA) is 9.23 Å². The van der Waals surface area contributed by atoms with E-state index in [-0.39, 0.29) is 6.10 Å². The van der Waals surface area contributed by atoms with Gasteiger partial charge in [-0.3, -0.25) is 0 Å². The zero-order chi connectivity index (χ0) is 8.27. The van der Waals surface area contributed by atoms with Gasteiger partial charge in [-0.1, -0.05) is 12.7 Å². The standard InChI is InChI=1S/C9H13FO/c1-3-4-7(2)11-9-5-8(10)6-9/h3-4,8-9H,2,5-6H2,1H3/b4-3-/t8-,9+/i10-1. The maximum atomic E-state index is 12.3. The fraction of sp³-hybridized carbons (Fsp3) is 0.556. The second-order valence-corrected chi connectivity index (χ2v) is 2.77. The second kappa shape index (κ2) is 3.56. The molecule has 1 aliphatic carbocycles. The van der Waals surface area contributed by atoms with Crippen LogP contribution in [0.4, 0.5) is 4.39 Å². The normalized spacial score (nSPS) is 30.0. The van der Waals surface area contributed by atoms with Gasteiger partial charge in [0.1, 0.15) is 18.0 Å². The third kappa shape index (κ3) is 2.37. The lowest BCUT2D eigenvalue weighted by Gasteiger charge is -2.30. The highest BCUT2D eigenvalue weighted by molar-refractivity contribution is 5.07. The van der Waals surface area contributed by atoms with E-state index >= 15 is 0 Å². The summed E-state index contributed by atoms with van der Waals surface area (Å²) in [5.41, 5.74) is 0. The summed E-state index contributed by atoms with van der Waals surface area (Å²) in [6, 6.07) is 0. The molecule has 62 valence electrons. The van der Waals surface area contributed by atoms with Gasteiger partial charge in [0.15, 0.2) is 0 Å². The quantitative estimate of drug-likeness (QED) is 0.449. The number of hydrogen-bond donors (Lipinski definition) is 0. The molecule has 0 unspecified atom stereocenters. The molecule has 1 rings (SSSR count). The van der Waals surface area contributed by atoms with Crippen molar-refractivity contribution in [3.63, 3.8) is 0 Å². The number of alkyl halides is 1. The van der Waals surface area contributed by atoms with Crippen molar-refractivity contribution >= 4 is 0 Å². The van der Waals surface area contributed by atoms with Gasteiger partial charge in [0.2, 0.25) is 0 Å². The third-order valence-electron chi connectivity index (χ3n) is 1.71. The van der Waals surface area contributed by atoms with Crippen molar-refractivity contribution < 1.29 is 9.13 Å². The van der Waals surface area contributed by atoms with E-state index < -0.39 is 6.17 Å². The Morgan fingerprint density at radius 1 is 1.64 bits per heavy atom. The van der Waals surface area contributed by atoms with Crippen LogP contribution in [0.5, 0.6) is 0 Å². The lowest BCUT2D eigenvalue weighted by atomic mass is 9.93. The van der Waals surface area contributed by atoms with Gasteiger partial charge < -0.3 is 4.74 Å². The fourth-order valence-electron chi connectivity index (χ4n) is 1.04. The van der Waals surface area contributed by atoms with Gasteiger partial charge in [-0.15, -0.1) is 0 Å². The van der Waals surface area contributed by atoms with Crippen molar-refractivity contribution in [1.29, 1.82) is 0 Å². The van der Waals surface area contributed by atoms with Gasteiger partial charge >= 0.3 is 0 Å². The molecular weight excluding hydrogens is 142 g/mol. The van der Waals surface area contributed by atoms with E-state index in [2.05, 4.69) is 6.58 Å². The molecule has 0 aromatic rings. The molecule has 0 aromatic carbocycles. The summed E-state index contributed by atoms with van der Waals surface area (Å²) < 4.78 is 17.6. The Bertz CT molecular complexity index is 168. The summed E-state index contributed by atoms with van der Waals surface area (Å²) in [4.78, 5) is 0. The van der Waals surface area contributed by atoms with Crippen LogP contribution in [0.2, 0.25) is 0 Å². The molecule has 0 aromatic heterocycles. The van der Waals surface area contributed by atoms with Crippen molar-refractivity contribution in [2.24, 2.45) is 0 Å². The Morgan fingerprint density at radius 2 is 2.27 bits per heavy atom. The van der Waals surface area contributed by atoms with E-state index in [1.165, 1.54) is 0 Å². The minimum Gasteiger partial charge on any atom is -0.491 e. The Kier molecular flexibility index (Phi) is 2.69. The number of halogens is 1. The summed E-state index contributed by atoms with van der Waals surface area (Å²) in [5, 5.41) is 0. The second-order valence-electron chi connectivity index (χ2n) is 2.77. The Labute approximate surface area is 66.6 Å². The monoisotopic (exact) mass is 155 g/mol. The molecule has 1 aliphatic rings. The first-order valence-electron chi connectivity index (χ1n) is 3.84. The van der Waals surface area contributed by atoms with Gasteiger partial charge in [0.05, 0.1) is 0 Å². The molecule has 0 heterocycles. The Balaban J connectivity index is 2.17. The van der Waals surface area contributed by atoms with E-state index in [4.69, 9.17) is 4.74 Å². The SMILES string of the molecule is C=C(/C=C\C)O[C@H]1C[C@@H]([18F])C1. The molecule has 0 spiro atoms. The van der Waals surface area contributed by atoms with Gasteiger partial charge in [-0.25, -0.2) is 4.39 Å². The molecule has 0 atom stereocenters. The molecule has 0 radical (unpaired) electrons. The smallest absolute Gasteiger partial charge is 0.112 e. The minimum absolute atomic E-state index is 0.0636. The lowest BCUT2D eigenvalue weighted by molar-refractivity contribution is 0.000434. The van der Waals surface area contributed by atoms with E-state index in [9.17, 15) is 4.39 Å². The highest BCUT2D eigenvalue weighted by Gasteiger charge is 2.30. The van der Waals surface area contributed by atoms with Crippen LogP contribution in [-0.2, 0) is 4.74 Å². The average molecular weight is 155 g/mol. The van der Waals surface area contributed by atoms with Crippen molar-refractivity contribution in [2.75, 3.05) is 0 Å². The fourth-order valence-corrected chi connectivity index (χ4v) is 1.04. The summed E-state index contributed by atoms with van der Waals surface area (Å²) in [6.07, 6.45) is 4.10. The predicted molar refractivity (Wildman–Crippen MR) is 43.0 cm³/mol. The van der Waals surface area contributed by atoms with E-state index in [1.54, 1.807) is 6.08 Å². The van der Waals surface area contributed by atoms with Crippen molar-refractivity contribution in [3.05, 3.63) is 24.5 Å². The largest absolute Gasteiger partial charge is 0.491 e. The van der Waals surface area contributed by atoms with Crippen molar-refractivity contribution in [3.8, 4) is 0 Å². The third-order valence-corrected chi connectivity index (χ3v) is 1.71. The number of hydrogen-bond acceptors (Lipinski definition) is 1. The number of ether oxygens (including phenoxy) is 1. The van der Waals surface area contributed by atoms with E-state index in [0.29, 0.717) is 18.6 Å². The van der Waals surface area contributed by atoms with Gasteiger partial charge in [-0.05, 0) is 13.0 Å². The van der Waals surface area contributed by atoms with Crippen LogP contribution in [0.15, 0.2) is 24.5 Å². The lowest BCUT2D eigenvalue weighted by Crippen LogP contribution is -2.31. The molecule has 0 bridgehead atoms. The van der Waals surface area contributed by atoms with Gasteiger partial charge in [-0.2, -0.15) is 0 Å². The first-order valence-corrected chi connectivity index (χ1v) is 3.84. The maximum absolute atomic E-state index is 12.3. The average Bonchev–Trinajstić information content (AvgIpc) is 1.85. The maximum Gasteiger partial charge on any atom is 0.112 e. The Morgan fingerprint density at radius 3 is 2.73 bits per heavy atom. The highest BCUT2D eigenvalue weighted by atomic mass is 18.2. The summed E-state index contributed by atoms with van der Waals surface area (Å²) in [6.45, 7) is 5.56. The molecule has 1 saturated carbocycles. The number of allylic oxidation sites excluding steroid dienone is 2. The van der Waals surface area contributed by atoms with Crippen LogP contribution in [0.3, 0.4) is 0 Å². The van der Waals surface area contributed by atoms with E-state index in [0.717, 1.165) is 0 Å². The van der Waals surface area contributed by atoms with Crippen molar-refractivity contribution in [2.45, 2.75) is 32.0 Å². The van der Waals surface area contributed by atoms with Gasteiger partial charge in [0, 0.05) is 12.8 Å². The number of rotatable bonds is 3. The Hall–Kier alpha value is -0.790. The van der Waals surface area contributed by atoms with Crippen LogP contribution < -0.4 is 0 Å². The molecule has 11 heavy (non-hydrogen) atoms. The van der Waals surface area contributed by atoms with Crippen molar-refractivity contribution in [1.82, 2.24) is 0 Å². The first kappa shape index (κ1) is 8.31. The van der Waals surface area contributed by atoms with Gasteiger partial charge in [0.25, 0.3) is 0 Å². The zero-order valence-corrected chi connectivity index (χ0v) is 6.72. The molecule has 0 amide bonds. The molecule has 1 nitrogen and oxygen atoms in total. The molecule has 0 N–H and O–H groups in total. The molecule has 0 aliphatic heterocycles. The van der Waals surface area contributed by atoms with Crippen LogP contribution in [0.1, 0.15) is 19.8 Å². The molecule has 2 heteroatoms. The summed E-state index contributed by atoms with van der Waals surface area (Å²) in [5.74, 6) is 0.629. The van der Waals surface area contributed by atoms with E-state index in [1.807, 2.05) is 13.0 Å². The zero-order valence-electron chi connectivity index (χ0n) is 6.72. The molecule has 1 fully saturated rings.